The molecule has 1 unspecified atom stereocenters. The summed E-state index contributed by atoms with van der Waals surface area (Å²) in [4.78, 5) is 38.0. The van der Waals surface area contributed by atoms with Crippen molar-refractivity contribution in [2.75, 3.05) is 13.2 Å². The fourth-order valence-electron chi connectivity index (χ4n) is 7.76. The summed E-state index contributed by atoms with van der Waals surface area (Å²) in [7, 11) is 0. The zero-order chi connectivity index (χ0) is 47.9. The zero-order valence-electron chi connectivity index (χ0n) is 43.4. The number of esters is 3. The average Bonchev–Trinajstić information content (AvgIpc) is 3.31. The lowest BCUT2D eigenvalue weighted by atomic mass is 10.1. The van der Waals surface area contributed by atoms with Gasteiger partial charge in [-0.05, 0) is 89.9 Å². The number of rotatable bonds is 50. The van der Waals surface area contributed by atoms with Crippen molar-refractivity contribution in [3.8, 4) is 0 Å². The third-order valence-corrected chi connectivity index (χ3v) is 11.9. The van der Waals surface area contributed by atoms with E-state index in [9.17, 15) is 14.4 Å². The number of hydrogen-bond donors (Lipinski definition) is 0. The first-order chi connectivity index (χ1) is 32.5. The lowest BCUT2D eigenvalue weighted by Gasteiger charge is -2.18. The van der Waals surface area contributed by atoms with Gasteiger partial charge in [0.2, 0.25) is 0 Å². The van der Waals surface area contributed by atoms with Crippen LogP contribution in [-0.4, -0.2) is 37.2 Å². The first kappa shape index (κ1) is 62.8. The highest BCUT2D eigenvalue weighted by Crippen LogP contribution is 2.15. The molecule has 6 heteroatoms. The molecule has 0 radical (unpaired) electrons. The molecule has 0 amide bonds. The van der Waals surface area contributed by atoms with Crippen molar-refractivity contribution in [1.29, 1.82) is 0 Å². The maximum absolute atomic E-state index is 12.8. The highest BCUT2D eigenvalue weighted by molar-refractivity contribution is 5.71. The van der Waals surface area contributed by atoms with E-state index >= 15 is 0 Å². The summed E-state index contributed by atoms with van der Waals surface area (Å²) in [5.74, 6) is -0.919. The summed E-state index contributed by atoms with van der Waals surface area (Å²) in [5.41, 5.74) is 0. The van der Waals surface area contributed by atoms with Gasteiger partial charge in [-0.3, -0.25) is 14.4 Å². The second-order valence-electron chi connectivity index (χ2n) is 18.5. The molecule has 0 aromatic rings. The lowest BCUT2D eigenvalue weighted by Crippen LogP contribution is -2.30. The van der Waals surface area contributed by atoms with Gasteiger partial charge in [-0.1, -0.05) is 235 Å². The molecule has 380 valence electrons. The van der Waals surface area contributed by atoms with E-state index in [1.54, 1.807) is 0 Å². The minimum atomic E-state index is -0.789. The second kappa shape index (κ2) is 54.5. The van der Waals surface area contributed by atoms with Crippen molar-refractivity contribution in [3.05, 3.63) is 72.9 Å². The van der Waals surface area contributed by atoms with Crippen LogP contribution in [0, 0.1) is 0 Å². The van der Waals surface area contributed by atoms with Gasteiger partial charge in [0.15, 0.2) is 6.10 Å². The molecule has 0 aromatic carbocycles. The van der Waals surface area contributed by atoms with Crippen LogP contribution >= 0.6 is 0 Å². The molecule has 0 aromatic heterocycles. The molecule has 0 spiro atoms. The molecule has 0 fully saturated rings. The SMILES string of the molecule is CC/C=C\C/C=C\C/C=C\C/C=C\C/C=C\CCCCCC(=O)OCC(COC(=O)CCCCCCCCCCCC)OC(=O)CCCCCCCCC/C=C\CCCCCCCCCC. The monoisotopic (exact) mass is 921 g/mol. The molecular formula is C60H104O6. The van der Waals surface area contributed by atoms with E-state index < -0.39 is 6.10 Å². The summed E-state index contributed by atoms with van der Waals surface area (Å²) < 4.78 is 16.8. The average molecular weight is 921 g/mol. The molecule has 0 N–H and O–H groups in total. The van der Waals surface area contributed by atoms with Crippen molar-refractivity contribution >= 4 is 17.9 Å². The summed E-state index contributed by atoms with van der Waals surface area (Å²) in [5, 5.41) is 0. The Morgan fingerprint density at radius 2 is 0.591 bits per heavy atom. The number of hydrogen-bond acceptors (Lipinski definition) is 6. The largest absolute Gasteiger partial charge is 0.462 e. The quantitative estimate of drug-likeness (QED) is 0.0262. The molecule has 0 saturated carbocycles. The van der Waals surface area contributed by atoms with Crippen LogP contribution in [0.25, 0.3) is 0 Å². The minimum Gasteiger partial charge on any atom is -0.462 e. The van der Waals surface area contributed by atoms with Crippen LogP contribution in [-0.2, 0) is 28.6 Å². The fraction of sp³-hybridized carbons (Fsp3) is 0.750. The predicted molar refractivity (Wildman–Crippen MR) is 284 cm³/mol. The molecule has 0 aliphatic heterocycles. The van der Waals surface area contributed by atoms with E-state index in [-0.39, 0.29) is 31.1 Å². The van der Waals surface area contributed by atoms with Crippen LogP contribution < -0.4 is 0 Å². The Morgan fingerprint density at radius 3 is 0.955 bits per heavy atom. The number of carbonyl (C=O) groups is 3. The van der Waals surface area contributed by atoms with Gasteiger partial charge in [-0.25, -0.2) is 0 Å². The molecular weight excluding hydrogens is 817 g/mol. The molecule has 0 aliphatic carbocycles. The summed E-state index contributed by atoms with van der Waals surface area (Å²) in [6.45, 7) is 6.50. The van der Waals surface area contributed by atoms with Gasteiger partial charge in [0.1, 0.15) is 13.2 Å². The van der Waals surface area contributed by atoms with E-state index in [1.807, 2.05) is 0 Å². The van der Waals surface area contributed by atoms with Gasteiger partial charge in [-0.15, -0.1) is 0 Å². The molecule has 0 bridgehead atoms. The van der Waals surface area contributed by atoms with E-state index in [0.29, 0.717) is 19.3 Å². The Hall–Kier alpha value is -3.15. The third-order valence-electron chi connectivity index (χ3n) is 11.9. The van der Waals surface area contributed by atoms with Crippen molar-refractivity contribution < 1.29 is 28.6 Å². The van der Waals surface area contributed by atoms with Gasteiger partial charge in [0, 0.05) is 19.3 Å². The van der Waals surface area contributed by atoms with Crippen LogP contribution in [0.4, 0.5) is 0 Å². The third kappa shape index (κ3) is 51.8. The van der Waals surface area contributed by atoms with Crippen LogP contribution in [0.3, 0.4) is 0 Å². The topological polar surface area (TPSA) is 78.9 Å². The molecule has 0 rings (SSSR count). The maximum atomic E-state index is 12.8. The van der Waals surface area contributed by atoms with Crippen molar-refractivity contribution in [2.24, 2.45) is 0 Å². The first-order valence-electron chi connectivity index (χ1n) is 27.9. The fourth-order valence-corrected chi connectivity index (χ4v) is 7.76. The molecule has 0 heterocycles. The summed E-state index contributed by atoms with van der Waals surface area (Å²) in [6, 6.07) is 0. The maximum Gasteiger partial charge on any atom is 0.306 e. The number of carbonyl (C=O) groups excluding carboxylic acids is 3. The van der Waals surface area contributed by atoms with Gasteiger partial charge < -0.3 is 14.2 Å². The van der Waals surface area contributed by atoms with E-state index in [0.717, 1.165) is 96.3 Å². The van der Waals surface area contributed by atoms with Crippen molar-refractivity contribution in [3.63, 3.8) is 0 Å². The van der Waals surface area contributed by atoms with Crippen molar-refractivity contribution in [1.82, 2.24) is 0 Å². The Balaban J connectivity index is 4.38. The zero-order valence-corrected chi connectivity index (χ0v) is 43.4. The molecule has 0 aliphatic rings. The van der Waals surface area contributed by atoms with Crippen LogP contribution in [0.5, 0.6) is 0 Å². The summed E-state index contributed by atoms with van der Waals surface area (Å²) >= 11 is 0. The number of ether oxygens (including phenoxy) is 3. The van der Waals surface area contributed by atoms with Gasteiger partial charge in [-0.2, -0.15) is 0 Å². The lowest BCUT2D eigenvalue weighted by molar-refractivity contribution is -0.167. The predicted octanol–water partition coefficient (Wildman–Crippen LogP) is 18.6. The highest BCUT2D eigenvalue weighted by Gasteiger charge is 2.19. The van der Waals surface area contributed by atoms with E-state index in [1.165, 1.54) is 135 Å². The van der Waals surface area contributed by atoms with Gasteiger partial charge in [0.25, 0.3) is 0 Å². The Morgan fingerprint density at radius 1 is 0.318 bits per heavy atom. The number of unbranched alkanes of at least 4 members (excludes halogenated alkanes) is 27. The normalized spacial score (nSPS) is 12.6. The summed E-state index contributed by atoms with van der Waals surface area (Å²) in [6.07, 6.45) is 68.9. The van der Waals surface area contributed by atoms with Crippen LogP contribution in [0.2, 0.25) is 0 Å². The van der Waals surface area contributed by atoms with Crippen molar-refractivity contribution in [2.45, 2.75) is 277 Å². The molecule has 6 nitrogen and oxygen atoms in total. The van der Waals surface area contributed by atoms with Gasteiger partial charge >= 0.3 is 17.9 Å². The Bertz CT molecular complexity index is 1240. The Kier molecular flexibility index (Phi) is 51.9. The molecule has 66 heavy (non-hydrogen) atoms. The van der Waals surface area contributed by atoms with E-state index in [4.69, 9.17) is 14.2 Å². The van der Waals surface area contributed by atoms with Gasteiger partial charge in [0.05, 0.1) is 0 Å². The molecule has 1 atom stereocenters. The van der Waals surface area contributed by atoms with Crippen LogP contribution in [0.1, 0.15) is 271 Å². The second-order valence-corrected chi connectivity index (χ2v) is 18.5. The minimum absolute atomic E-state index is 0.0861. The number of allylic oxidation sites excluding steroid dienone is 12. The first-order valence-corrected chi connectivity index (χ1v) is 27.9. The standard InChI is InChI=1S/C60H104O6/c1-4-7-10-13-16-19-22-24-26-28-30-32-34-36-38-41-44-47-50-53-59(62)65-56-57(55-64-58(61)52-49-46-43-40-21-18-15-12-9-6-3)66-60(63)54-51-48-45-42-39-37-35-33-31-29-27-25-23-20-17-14-11-8-5-2/h7,10,16,19,24,26,29-32,36,38,57H,4-6,8-9,11-15,17-18,20-23,25,27-28,33-35,37,39-56H2,1-3H3/b10-7-,19-16-,26-24-,31-29-,32-30-,38-36-. The highest BCUT2D eigenvalue weighted by atomic mass is 16.6. The smallest absolute Gasteiger partial charge is 0.306 e. The van der Waals surface area contributed by atoms with Crippen LogP contribution in [0.15, 0.2) is 72.9 Å². The molecule has 0 saturated heterocycles. The Labute approximate surface area is 408 Å². The van der Waals surface area contributed by atoms with E-state index in [2.05, 4.69) is 93.7 Å².